The van der Waals surface area contributed by atoms with Gasteiger partial charge in [0, 0.05) is 36.7 Å². The maximum atomic E-state index is 12.5. The Morgan fingerprint density at radius 1 is 1.33 bits per heavy atom. The Bertz CT molecular complexity index is 616. The largest absolute Gasteiger partial charge is 0.351 e. The lowest BCUT2D eigenvalue weighted by atomic mass is 10.1. The topological polar surface area (TPSA) is 38.1 Å². The highest BCUT2D eigenvalue weighted by molar-refractivity contribution is 5.99. The number of likely N-dealkylation sites (N-methyl/N-ethyl adjacent to an activating group) is 1. The summed E-state index contributed by atoms with van der Waals surface area (Å²) in [6.07, 6.45) is 1.79. The van der Waals surface area contributed by atoms with Crippen molar-refractivity contribution in [1.82, 2.24) is 14.5 Å². The van der Waals surface area contributed by atoms with Crippen LogP contribution in [0.1, 0.15) is 34.4 Å². The molecule has 2 rings (SSSR count). The fraction of sp³-hybridized carbons (Fsp3) is 0.412. The van der Waals surface area contributed by atoms with Crippen molar-refractivity contribution in [3.63, 3.8) is 0 Å². The van der Waals surface area contributed by atoms with Crippen molar-refractivity contribution >= 4 is 5.78 Å². The number of hydrogen-bond donors (Lipinski definition) is 0. The molecule has 0 radical (unpaired) electrons. The molecule has 4 heteroatoms. The van der Waals surface area contributed by atoms with E-state index in [-0.39, 0.29) is 5.78 Å². The second-order valence-electron chi connectivity index (χ2n) is 5.39. The van der Waals surface area contributed by atoms with Crippen molar-refractivity contribution < 1.29 is 4.79 Å². The first kappa shape index (κ1) is 15.4. The van der Waals surface area contributed by atoms with Gasteiger partial charge in [-0.1, -0.05) is 13.0 Å². The summed E-state index contributed by atoms with van der Waals surface area (Å²) < 4.78 is 2.06. The molecule has 4 nitrogen and oxygen atoms in total. The minimum atomic E-state index is 0.175. The van der Waals surface area contributed by atoms with Crippen LogP contribution in [-0.4, -0.2) is 33.3 Å². The van der Waals surface area contributed by atoms with Gasteiger partial charge in [-0.3, -0.25) is 14.7 Å². The highest BCUT2D eigenvalue weighted by Gasteiger charge is 2.17. The van der Waals surface area contributed by atoms with Crippen molar-refractivity contribution in [2.75, 3.05) is 13.1 Å². The summed E-state index contributed by atoms with van der Waals surface area (Å²) in [4.78, 5) is 19.0. The van der Waals surface area contributed by atoms with E-state index in [9.17, 15) is 4.79 Å². The molecule has 2 aromatic rings. The van der Waals surface area contributed by atoms with Crippen molar-refractivity contribution in [3.8, 4) is 0 Å². The fourth-order valence-electron chi connectivity index (χ4n) is 2.43. The van der Waals surface area contributed by atoms with Gasteiger partial charge in [0.2, 0.25) is 0 Å². The average molecular weight is 285 g/mol. The number of rotatable bonds is 6. The quantitative estimate of drug-likeness (QED) is 0.766. The summed E-state index contributed by atoms with van der Waals surface area (Å²) in [6.45, 7) is 8.04. The molecule has 112 valence electrons. The third-order valence-corrected chi connectivity index (χ3v) is 4.00. The Labute approximate surface area is 126 Å². The van der Waals surface area contributed by atoms with Crippen LogP contribution in [0.3, 0.4) is 0 Å². The molecular weight excluding hydrogens is 262 g/mol. The zero-order valence-corrected chi connectivity index (χ0v) is 13.3. The van der Waals surface area contributed by atoms with Gasteiger partial charge in [0.1, 0.15) is 0 Å². The van der Waals surface area contributed by atoms with Crippen LogP contribution in [-0.2, 0) is 13.6 Å². The number of aromatic nitrogens is 2. The number of carbonyl (C=O) groups excluding carboxylic acids is 1. The third-order valence-electron chi connectivity index (χ3n) is 4.00. The van der Waals surface area contributed by atoms with Crippen LogP contribution in [0.25, 0.3) is 0 Å². The van der Waals surface area contributed by atoms with Crippen molar-refractivity contribution in [2.24, 2.45) is 7.05 Å². The Kier molecular flexibility index (Phi) is 4.91. The van der Waals surface area contributed by atoms with Gasteiger partial charge in [-0.05, 0) is 38.6 Å². The van der Waals surface area contributed by atoms with E-state index in [1.165, 1.54) is 0 Å². The standard InChI is InChI=1S/C17H23N3O/c1-5-20(11-15-8-6-7-9-18-15)12-17(21)16-10-13(2)19(4)14(16)3/h6-10H,5,11-12H2,1-4H3. The number of Topliss-reactive ketones (excluding diaryl/α,β-unsaturated/α-hetero) is 1. The van der Waals surface area contributed by atoms with Gasteiger partial charge in [0.25, 0.3) is 0 Å². The minimum absolute atomic E-state index is 0.175. The van der Waals surface area contributed by atoms with Crippen molar-refractivity contribution in [1.29, 1.82) is 0 Å². The molecule has 0 saturated carbocycles. The van der Waals surface area contributed by atoms with Crippen LogP contribution >= 0.6 is 0 Å². The molecule has 0 aliphatic heterocycles. The highest BCUT2D eigenvalue weighted by atomic mass is 16.1. The van der Waals surface area contributed by atoms with Gasteiger partial charge in [-0.2, -0.15) is 0 Å². The van der Waals surface area contributed by atoms with Crippen molar-refractivity contribution in [3.05, 3.63) is 53.1 Å². The van der Waals surface area contributed by atoms with Crippen molar-refractivity contribution in [2.45, 2.75) is 27.3 Å². The molecule has 0 aromatic carbocycles. The SMILES string of the molecule is CCN(CC(=O)c1cc(C)n(C)c1C)Cc1ccccn1. The Morgan fingerprint density at radius 3 is 2.62 bits per heavy atom. The molecule has 21 heavy (non-hydrogen) atoms. The maximum absolute atomic E-state index is 12.5. The van der Waals surface area contributed by atoms with E-state index in [0.29, 0.717) is 13.1 Å². The molecule has 2 heterocycles. The predicted octanol–water partition coefficient (Wildman–Crippen LogP) is 2.74. The number of pyridine rings is 1. The molecule has 0 amide bonds. The molecule has 0 aliphatic carbocycles. The molecular formula is C17H23N3O. The Morgan fingerprint density at radius 2 is 2.10 bits per heavy atom. The molecule has 0 unspecified atom stereocenters. The molecule has 2 aromatic heterocycles. The highest BCUT2D eigenvalue weighted by Crippen LogP contribution is 2.15. The first-order chi connectivity index (χ1) is 10.0. The van der Waals surface area contributed by atoms with E-state index < -0.39 is 0 Å². The van der Waals surface area contributed by atoms with Crippen LogP contribution in [0.5, 0.6) is 0 Å². The van der Waals surface area contributed by atoms with Gasteiger partial charge in [0.05, 0.1) is 12.2 Å². The summed E-state index contributed by atoms with van der Waals surface area (Å²) in [5.41, 5.74) is 3.97. The lowest BCUT2D eigenvalue weighted by Gasteiger charge is -2.19. The number of ketones is 1. The zero-order chi connectivity index (χ0) is 15.4. The van der Waals surface area contributed by atoms with Gasteiger partial charge in [-0.25, -0.2) is 0 Å². The van der Waals surface area contributed by atoms with Gasteiger partial charge in [0.15, 0.2) is 5.78 Å². The predicted molar refractivity (Wildman–Crippen MR) is 84.4 cm³/mol. The summed E-state index contributed by atoms with van der Waals surface area (Å²) in [7, 11) is 1.99. The van der Waals surface area contributed by atoms with E-state index in [2.05, 4.69) is 21.4 Å². The molecule has 0 N–H and O–H groups in total. The number of aryl methyl sites for hydroxylation is 1. The monoisotopic (exact) mass is 285 g/mol. The number of carbonyl (C=O) groups is 1. The molecule has 0 fully saturated rings. The van der Waals surface area contributed by atoms with E-state index >= 15 is 0 Å². The lowest BCUT2D eigenvalue weighted by Crippen LogP contribution is -2.29. The normalized spacial score (nSPS) is 11.1. The van der Waals surface area contributed by atoms with E-state index in [4.69, 9.17) is 0 Å². The zero-order valence-electron chi connectivity index (χ0n) is 13.3. The van der Waals surface area contributed by atoms with E-state index in [0.717, 1.165) is 29.2 Å². The molecule has 0 spiro atoms. The average Bonchev–Trinajstić information content (AvgIpc) is 2.75. The smallest absolute Gasteiger partial charge is 0.178 e. The van der Waals surface area contributed by atoms with Gasteiger partial charge in [-0.15, -0.1) is 0 Å². The molecule has 0 atom stereocenters. The van der Waals surface area contributed by atoms with E-state index in [1.54, 1.807) is 6.20 Å². The summed E-state index contributed by atoms with van der Waals surface area (Å²) in [5.74, 6) is 0.175. The Hall–Kier alpha value is -1.94. The van der Waals surface area contributed by atoms with Crippen LogP contribution in [0, 0.1) is 13.8 Å². The first-order valence-electron chi connectivity index (χ1n) is 7.31. The molecule has 0 aliphatic rings. The summed E-state index contributed by atoms with van der Waals surface area (Å²) >= 11 is 0. The van der Waals surface area contributed by atoms with Gasteiger partial charge < -0.3 is 4.57 Å². The molecule has 0 saturated heterocycles. The maximum Gasteiger partial charge on any atom is 0.178 e. The minimum Gasteiger partial charge on any atom is -0.351 e. The Balaban J connectivity index is 2.07. The number of hydrogen-bond acceptors (Lipinski definition) is 3. The van der Waals surface area contributed by atoms with Crippen LogP contribution < -0.4 is 0 Å². The van der Waals surface area contributed by atoms with E-state index in [1.807, 2.05) is 45.2 Å². The van der Waals surface area contributed by atoms with Gasteiger partial charge >= 0.3 is 0 Å². The fourth-order valence-corrected chi connectivity index (χ4v) is 2.43. The first-order valence-corrected chi connectivity index (χ1v) is 7.31. The summed E-state index contributed by atoms with van der Waals surface area (Å²) in [6, 6.07) is 7.85. The van der Waals surface area contributed by atoms with Crippen LogP contribution in [0.4, 0.5) is 0 Å². The van der Waals surface area contributed by atoms with Crippen LogP contribution in [0.2, 0.25) is 0 Å². The third kappa shape index (κ3) is 3.58. The summed E-state index contributed by atoms with van der Waals surface area (Å²) in [5, 5.41) is 0. The van der Waals surface area contributed by atoms with Crippen LogP contribution in [0.15, 0.2) is 30.5 Å². The lowest BCUT2D eigenvalue weighted by molar-refractivity contribution is 0.0928. The molecule has 0 bridgehead atoms. The second-order valence-corrected chi connectivity index (χ2v) is 5.39. The second kappa shape index (κ2) is 6.68. The number of nitrogens with zero attached hydrogens (tertiary/aromatic N) is 3.